The smallest absolute Gasteiger partial charge is 0.185 e. The molecule has 3 aliphatic rings. The number of allylic oxidation sites excluding steroid dienone is 8. The summed E-state index contributed by atoms with van der Waals surface area (Å²) >= 11 is 3.59. The number of ether oxygens (including phenoxy) is 2. The predicted octanol–water partition coefficient (Wildman–Crippen LogP) is 13.4. The first-order chi connectivity index (χ1) is 25.9. The van der Waals surface area contributed by atoms with Crippen molar-refractivity contribution in [3.63, 3.8) is 0 Å². The lowest BCUT2D eigenvalue weighted by Gasteiger charge is -2.53. The van der Waals surface area contributed by atoms with Gasteiger partial charge in [0.2, 0.25) is 0 Å². The average Bonchev–Trinajstić information content (AvgIpc) is 3.77. The molecule has 2 spiro atoms. The summed E-state index contributed by atoms with van der Waals surface area (Å²) in [7, 11) is 3.38. The van der Waals surface area contributed by atoms with Gasteiger partial charge in [0, 0.05) is 41.8 Å². The van der Waals surface area contributed by atoms with Crippen molar-refractivity contribution in [2.45, 2.75) is 93.9 Å². The molecule has 0 radical (unpaired) electrons. The number of Topliss-reactive ketones (excluding diaryl/α,β-unsaturated/α-hetero) is 2. The Bertz CT molecular complexity index is 2140. The van der Waals surface area contributed by atoms with Crippen LogP contribution in [0, 0.1) is 21.7 Å². The van der Waals surface area contributed by atoms with Gasteiger partial charge in [-0.1, -0.05) is 107 Å². The number of hydrogen-bond donors (Lipinski definition) is 0. The summed E-state index contributed by atoms with van der Waals surface area (Å²) in [6.07, 6.45) is 9.26. The highest BCUT2D eigenvalue weighted by Gasteiger charge is 2.61. The minimum Gasteiger partial charge on any atom is -0.497 e. The molecule has 2 aromatic carbocycles. The molecule has 292 valence electrons. The van der Waals surface area contributed by atoms with E-state index in [1.807, 2.05) is 24.3 Å². The van der Waals surface area contributed by atoms with Crippen LogP contribution in [0.3, 0.4) is 0 Å². The van der Waals surface area contributed by atoms with Crippen molar-refractivity contribution in [3.8, 4) is 43.5 Å². The molecule has 56 heavy (non-hydrogen) atoms. The maximum Gasteiger partial charge on any atom is 0.185 e. The summed E-state index contributed by atoms with van der Waals surface area (Å²) in [4.78, 5) is 34.4. The Kier molecular flexibility index (Phi) is 9.38. The third-order valence-corrected chi connectivity index (χ3v) is 14.3. The summed E-state index contributed by atoms with van der Waals surface area (Å²) in [5, 5.41) is 0. The number of carbonyl (C=O) groups excluding carboxylic acids is 2. The van der Waals surface area contributed by atoms with E-state index in [-0.39, 0.29) is 11.6 Å². The first-order valence-corrected chi connectivity index (χ1v) is 21.2. The number of benzene rings is 2. The van der Waals surface area contributed by atoms with Gasteiger partial charge in [-0.15, -0.1) is 22.7 Å². The molecule has 4 nitrogen and oxygen atoms in total. The maximum absolute atomic E-state index is 14.9. The Balaban J connectivity index is 1.72. The molecule has 2 heterocycles. The third kappa shape index (κ3) is 6.32. The molecular weight excluding hydrogens is 729 g/mol. The van der Waals surface area contributed by atoms with Gasteiger partial charge >= 0.3 is 0 Å². The fourth-order valence-corrected chi connectivity index (χ4v) is 11.3. The second-order valence-corrected chi connectivity index (χ2v) is 21.9. The molecule has 3 aliphatic carbocycles. The van der Waals surface area contributed by atoms with Crippen LogP contribution in [0.4, 0.5) is 0 Å². The van der Waals surface area contributed by atoms with Crippen molar-refractivity contribution in [2.24, 2.45) is 21.7 Å². The maximum atomic E-state index is 14.9. The zero-order valence-corrected chi connectivity index (χ0v) is 37.2. The van der Waals surface area contributed by atoms with Crippen molar-refractivity contribution in [3.05, 3.63) is 117 Å². The van der Waals surface area contributed by atoms with E-state index in [9.17, 15) is 9.59 Å². The summed E-state index contributed by atoms with van der Waals surface area (Å²) in [6.45, 7) is 25.8. The van der Waals surface area contributed by atoms with Gasteiger partial charge < -0.3 is 9.47 Å². The van der Waals surface area contributed by atoms with E-state index in [1.54, 1.807) is 36.9 Å². The van der Waals surface area contributed by atoms with Crippen molar-refractivity contribution >= 4 is 34.2 Å². The van der Waals surface area contributed by atoms with Crippen LogP contribution in [0.5, 0.6) is 11.5 Å². The summed E-state index contributed by atoms with van der Waals surface area (Å²) in [6, 6.07) is 21.3. The number of ketones is 2. The van der Waals surface area contributed by atoms with Crippen LogP contribution >= 0.6 is 22.7 Å². The quantitative estimate of drug-likeness (QED) is 0.207. The lowest BCUT2D eigenvalue weighted by Crippen LogP contribution is -2.52. The molecule has 0 bridgehead atoms. The Morgan fingerprint density at radius 1 is 0.446 bits per heavy atom. The molecule has 0 N–H and O–H groups in total. The third-order valence-electron chi connectivity index (χ3n) is 11.6. The Hall–Kier alpha value is -4.26. The Labute approximate surface area is 342 Å². The van der Waals surface area contributed by atoms with Gasteiger partial charge in [-0.3, -0.25) is 9.59 Å². The summed E-state index contributed by atoms with van der Waals surface area (Å²) < 4.78 is 11.1. The monoisotopic (exact) mass is 784 g/mol. The van der Waals surface area contributed by atoms with Crippen molar-refractivity contribution < 1.29 is 19.1 Å². The first-order valence-electron chi connectivity index (χ1n) is 19.6. The molecule has 0 saturated heterocycles. The van der Waals surface area contributed by atoms with Gasteiger partial charge in [-0.05, 0) is 105 Å². The zero-order chi connectivity index (χ0) is 41.0. The van der Waals surface area contributed by atoms with Gasteiger partial charge in [0.15, 0.2) is 11.6 Å². The van der Waals surface area contributed by atoms with Crippen LogP contribution in [-0.2, 0) is 20.4 Å². The van der Waals surface area contributed by atoms with E-state index in [0.717, 1.165) is 65.8 Å². The van der Waals surface area contributed by atoms with E-state index in [4.69, 9.17) is 9.47 Å². The van der Waals surface area contributed by atoms with Gasteiger partial charge in [-0.25, -0.2) is 0 Å². The minimum absolute atomic E-state index is 0.0992. The van der Waals surface area contributed by atoms with E-state index >= 15 is 0 Å². The first kappa shape index (κ1) is 40.0. The van der Waals surface area contributed by atoms with Crippen LogP contribution in [0.1, 0.15) is 92.8 Å². The number of fused-ring (bicyclic) bond motifs is 6. The number of carbonyl (C=O) groups is 2. The fourth-order valence-electron chi connectivity index (χ4n) is 8.48. The molecule has 0 fully saturated rings. The topological polar surface area (TPSA) is 52.6 Å². The van der Waals surface area contributed by atoms with Gasteiger partial charge in [-0.2, -0.15) is 0 Å². The van der Waals surface area contributed by atoms with Gasteiger partial charge in [0.1, 0.15) is 11.5 Å². The Morgan fingerprint density at radius 3 is 0.946 bits per heavy atom. The van der Waals surface area contributed by atoms with Crippen molar-refractivity contribution in [1.82, 2.24) is 0 Å². The van der Waals surface area contributed by atoms with Crippen LogP contribution < -0.4 is 9.47 Å². The molecule has 0 atom stereocenters. The molecule has 7 rings (SSSR count). The number of thiophene rings is 2. The van der Waals surface area contributed by atoms with Crippen LogP contribution in [-0.4, -0.2) is 25.8 Å². The van der Waals surface area contributed by atoms with Crippen molar-refractivity contribution in [1.29, 1.82) is 0 Å². The summed E-state index contributed by atoms with van der Waals surface area (Å²) in [5.41, 5.74) is 4.24. The normalized spacial score (nSPS) is 17.9. The fraction of sp³-hybridized carbons (Fsp3) is 0.400. The van der Waals surface area contributed by atoms with Crippen LogP contribution in [0.2, 0.25) is 0 Å². The molecule has 6 heteroatoms. The molecule has 0 saturated carbocycles. The van der Waals surface area contributed by atoms with Gasteiger partial charge in [0.25, 0.3) is 0 Å². The highest BCUT2D eigenvalue weighted by molar-refractivity contribution is 7.17. The van der Waals surface area contributed by atoms with E-state index in [1.165, 1.54) is 9.75 Å². The number of hydrogen-bond acceptors (Lipinski definition) is 6. The molecule has 0 unspecified atom stereocenters. The molecule has 2 aromatic heterocycles. The van der Waals surface area contributed by atoms with E-state index in [0.29, 0.717) is 0 Å². The van der Waals surface area contributed by atoms with Crippen LogP contribution in [0.25, 0.3) is 32.0 Å². The van der Waals surface area contributed by atoms with Crippen LogP contribution in [0.15, 0.2) is 107 Å². The lowest BCUT2D eigenvalue weighted by atomic mass is 9.49. The van der Waals surface area contributed by atoms with Gasteiger partial charge in [0.05, 0.1) is 25.0 Å². The molecule has 4 aromatic rings. The summed E-state index contributed by atoms with van der Waals surface area (Å²) in [5.74, 6) is 1.81. The standard InChI is InChI=1S/C50H56O4S2/c1-45(2,3)35-25-49(26-36(41(35)51)46(4,5)6)43-33(23-39(55-43)29-15-19-31(53-13)20-16-29)34-24-40(30-17-21-32(54-14)22-18-30)56-44(34)50(49)27-37(47(7,8)9)42(52)38(28-50)48(10,11)12/h15-28H,1-14H3. The highest BCUT2D eigenvalue weighted by atomic mass is 32.1. The highest BCUT2D eigenvalue weighted by Crippen LogP contribution is 2.67. The molecule has 0 amide bonds. The minimum atomic E-state index is -0.848. The molecule has 0 aliphatic heterocycles. The molecular formula is C50H56O4S2. The largest absolute Gasteiger partial charge is 0.497 e. The van der Waals surface area contributed by atoms with Crippen molar-refractivity contribution in [2.75, 3.05) is 14.2 Å². The Morgan fingerprint density at radius 2 is 0.714 bits per heavy atom. The number of methoxy groups -OCH3 is 2. The zero-order valence-electron chi connectivity index (χ0n) is 35.5. The average molecular weight is 785 g/mol. The number of rotatable bonds is 4. The van der Waals surface area contributed by atoms with E-state index < -0.39 is 32.5 Å². The van der Waals surface area contributed by atoms with E-state index in [2.05, 4.69) is 144 Å². The second-order valence-electron chi connectivity index (χ2n) is 19.8. The predicted molar refractivity (Wildman–Crippen MR) is 235 cm³/mol. The SMILES string of the molecule is COc1ccc(-c2cc3c(s2)C2(C=C(C(C)(C)C)C(=O)C(C(C)(C)C)=C2)C2(C=C(C(C)(C)C)C(=O)C(C(C)(C)C)=C2)c2sc(-c4ccc(OC)cc4)cc2-3)cc1. The second kappa shape index (κ2) is 13.1. The lowest BCUT2D eigenvalue weighted by molar-refractivity contribution is -0.115.